The molecule has 10 heteroatoms. The van der Waals surface area contributed by atoms with Crippen molar-refractivity contribution >= 4 is 5.91 Å². The van der Waals surface area contributed by atoms with Crippen LogP contribution in [0.1, 0.15) is 18.2 Å². The Labute approximate surface area is 161 Å². The van der Waals surface area contributed by atoms with Gasteiger partial charge in [0.05, 0.1) is 19.3 Å². The number of hydrogen-bond donors (Lipinski definition) is 3. The van der Waals surface area contributed by atoms with Gasteiger partial charge in [-0.1, -0.05) is 0 Å². The van der Waals surface area contributed by atoms with Crippen molar-refractivity contribution in [2.45, 2.75) is 31.8 Å². The maximum absolute atomic E-state index is 12.0. The molecule has 2 aliphatic rings. The van der Waals surface area contributed by atoms with E-state index in [0.29, 0.717) is 25.3 Å². The Hall–Kier alpha value is -2.27. The van der Waals surface area contributed by atoms with Crippen molar-refractivity contribution < 1.29 is 19.4 Å². The zero-order valence-corrected chi connectivity index (χ0v) is 15.8. The van der Waals surface area contributed by atoms with Crippen LogP contribution in [-0.4, -0.2) is 77.1 Å². The highest BCUT2D eigenvalue weighted by atomic mass is 16.5. The number of nitrogens with zero attached hydrogens (tertiary/aromatic N) is 2. The highest BCUT2D eigenvalue weighted by Crippen LogP contribution is 2.28. The summed E-state index contributed by atoms with van der Waals surface area (Å²) in [6.45, 7) is 6.00. The molecule has 1 aromatic heterocycles. The Morgan fingerprint density at radius 2 is 2.14 bits per heavy atom. The Bertz CT molecular complexity index is 826. The first-order valence-electron chi connectivity index (χ1n) is 9.36. The topological polar surface area (TPSA) is 126 Å². The van der Waals surface area contributed by atoms with E-state index in [2.05, 4.69) is 15.2 Å². The molecule has 154 valence electrons. The lowest BCUT2D eigenvalue weighted by atomic mass is 10.1. The fraction of sp³-hybridized carbons (Fsp3) is 0.611. The van der Waals surface area contributed by atoms with Crippen molar-refractivity contribution in [2.75, 3.05) is 39.4 Å². The molecule has 3 N–H and O–H groups in total. The Morgan fingerprint density at radius 1 is 1.39 bits per heavy atom. The molecular weight excluding hydrogens is 368 g/mol. The van der Waals surface area contributed by atoms with Gasteiger partial charge < -0.3 is 19.9 Å². The molecule has 0 spiro atoms. The van der Waals surface area contributed by atoms with Crippen LogP contribution in [0.2, 0.25) is 0 Å². The summed E-state index contributed by atoms with van der Waals surface area (Å²) in [5, 5.41) is 13.0. The van der Waals surface area contributed by atoms with E-state index < -0.39 is 29.7 Å². The van der Waals surface area contributed by atoms with Crippen molar-refractivity contribution in [3.8, 4) is 0 Å². The second-order valence-corrected chi connectivity index (χ2v) is 6.94. The molecule has 0 aromatic carbocycles. The van der Waals surface area contributed by atoms with E-state index in [4.69, 9.17) is 9.47 Å². The van der Waals surface area contributed by atoms with Gasteiger partial charge in [-0.05, 0) is 13.0 Å². The Balaban J connectivity index is 1.50. The number of aliphatic hydroxyl groups is 1. The number of aromatic nitrogens is 2. The zero-order chi connectivity index (χ0) is 20.1. The molecule has 0 unspecified atom stereocenters. The van der Waals surface area contributed by atoms with Crippen LogP contribution >= 0.6 is 0 Å². The average molecular weight is 394 g/mol. The molecule has 1 aromatic rings. The SMILES string of the molecule is Cc1cn([C@H]2C[C@H](O)[C@@H](/C=C/C(=O)NCCN3CCOCC3)O2)c(=O)[nH]c1=O. The summed E-state index contributed by atoms with van der Waals surface area (Å²) >= 11 is 0. The lowest BCUT2D eigenvalue weighted by Gasteiger charge is -2.26. The maximum atomic E-state index is 12.0. The number of nitrogens with one attached hydrogen (secondary N) is 2. The second-order valence-electron chi connectivity index (χ2n) is 6.94. The highest BCUT2D eigenvalue weighted by molar-refractivity contribution is 5.87. The molecule has 0 aliphatic carbocycles. The van der Waals surface area contributed by atoms with E-state index in [0.717, 1.165) is 19.6 Å². The number of aromatic amines is 1. The van der Waals surface area contributed by atoms with Gasteiger partial charge in [-0.15, -0.1) is 0 Å². The molecule has 0 bridgehead atoms. The van der Waals surface area contributed by atoms with Gasteiger partial charge in [0.15, 0.2) is 0 Å². The van der Waals surface area contributed by atoms with Crippen LogP contribution in [0.4, 0.5) is 0 Å². The van der Waals surface area contributed by atoms with Gasteiger partial charge in [0.2, 0.25) is 5.91 Å². The fourth-order valence-corrected chi connectivity index (χ4v) is 3.22. The van der Waals surface area contributed by atoms with Crippen molar-refractivity contribution in [3.63, 3.8) is 0 Å². The molecule has 2 saturated heterocycles. The minimum Gasteiger partial charge on any atom is -0.390 e. The van der Waals surface area contributed by atoms with E-state index >= 15 is 0 Å². The van der Waals surface area contributed by atoms with Crippen molar-refractivity contribution in [1.29, 1.82) is 0 Å². The summed E-state index contributed by atoms with van der Waals surface area (Å²) in [5.74, 6) is -0.274. The predicted octanol–water partition coefficient (Wildman–Crippen LogP) is -1.50. The molecule has 2 fully saturated rings. The highest BCUT2D eigenvalue weighted by Gasteiger charge is 2.34. The summed E-state index contributed by atoms with van der Waals surface area (Å²) in [6, 6.07) is 0. The van der Waals surface area contributed by atoms with Crippen LogP contribution < -0.4 is 16.6 Å². The van der Waals surface area contributed by atoms with Crippen LogP contribution in [0.15, 0.2) is 27.9 Å². The first-order valence-corrected chi connectivity index (χ1v) is 9.36. The third kappa shape index (κ3) is 5.16. The molecule has 3 heterocycles. The minimum absolute atomic E-state index is 0.180. The predicted molar refractivity (Wildman–Crippen MR) is 100 cm³/mol. The monoisotopic (exact) mass is 394 g/mol. The number of carbonyl (C=O) groups excluding carboxylic acids is 1. The lowest BCUT2D eigenvalue weighted by molar-refractivity contribution is -0.116. The molecular formula is C18H26N4O6. The van der Waals surface area contributed by atoms with Gasteiger partial charge in [-0.2, -0.15) is 0 Å². The third-order valence-electron chi connectivity index (χ3n) is 4.86. The van der Waals surface area contributed by atoms with Gasteiger partial charge in [-0.3, -0.25) is 24.0 Å². The molecule has 3 atom stereocenters. The smallest absolute Gasteiger partial charge is 0.330 e. The van der Waals surface area contributed by atoms with E-state index in [1.165, 1.54) is 22.9 Å². The summed E-state index contributed by atoms with van der Waals surface area (Å²) in [5.41, 5.74) is -0.681. The molecule has 2 aliphatic heterocycles. The molecule has 28 heavy (non-hydrogen) atoms. The molecule has 3 rings (SSSR count). The maximum Gasteiger partial charge on any atom is 0.330 e. The van der Waals surface area contributed by atoms with Gasteiger partial charge in [0, 0.05) is 50.4 Å². The van der Waals surface area contributed by atoms with Gasteiger partial charge in [0.25, 0.3) is 5.56 Å². The first kappa shape index (κ1) is 20.5. The van der Waals surface area contributed by atoms with Crippen LogP contribution in [0.25, 0.3) is 0 Å². The number of rotatable bonds is 6. The molecule has 10 nitrogen and oxygen atoms in total. The quantitative estimate of drug-likeness (QED) is 0.501. The number of H-pyrrole nitrogens is 1. The number of morpholine rings is 1. The summed E-state index contributed by atoms with van der Waals surface area (Å²) in [4.78, 5) is 39.8. The fourth-order valence-electron chi connectivity index (χ4n) is 3.22. The van der Waals surface area contributed by atoms with Crippen LogP contribution in [0, 0.1) is 6.92 Å². The molecule has 0 radical (unpaired) electrons. The summed E-state index contributed by atoms with van der Waals surface area (Å²) in [6.07, 6.45) is 2.12. The van der Waals surface area contributed by atoms with Gasteiger partial charge >= 0.3 is 5.69 Å². The van der Waals surface area contributed by atoms with E-state index in [-0.39, 0.29) is 12.3 Å². The van der Waals surface area contributed by atoms with E-state index in [1.54, 1.807) is 6.92 Å². The number of ether oxygens (including phenoxy) is 2. The summed E-state index contributed by atoms with van der Waals surface area (Å²) in [7, 11) is 0. The van der Waals surface area contributed by atoms with Gasteiger partial charge in [-0.25, -0.2) is 4.79 Å². The number of carbonyl (C=O) groups is 1. The van der Waals surface area contributed by atoms with Gasteiger partial charge in [0.1, 0.15) is 12.3 Å². The van der Waals surface area contributed by atoms with Crippen molar-refractivity contribution in [1.82, 2.24) is 19.8 Å². The lowest BCUT2D eigenvalue weighted by Crippen LogP contribution is -2.41. The van der Waals surface area contributed by atoms with E-state index in [9.17, 15) is 19.5 Å². The number of amides is 1. The second kappa shape index (κ2) is 9.28. The molecule has 0 saturated carbocycles. The standard InChI is InChI=1S/C18H26N4O6/c1-12-11-22(18(26)20-17(12)25)16-10-13(23)14(28-16)2-3-15(24)19-4-5-21-6-8-27-9-7-21/h2-3,11,13-14,16,23H,4-10H2,1H3,(H,19,24)(H,20,25,26)/b3-2+/t13-,14+,16+/m0/s1. The minimum atomic E-state index is -0.860. The number of aliphatic hydroxyl groups excluding tert-OH is 1. The van der Waals surface area contributed by atoms with Crippen LogP contribution in [-0.2, 0) is 14.3 Å². The largest absolute Gasteiger partial charge is 0.390 e. The number of aryl methyl sites for hydroxylation is 1. The molecule has 1 amide bonds. The normalized spacial score (nSPS) is 26.0. The first-order chi connectivity index (χ1) is 13.4. The van der Waals surface area contributed by atoms with Crippen LogP contribution in [0.3, 0.4) is 0 Å². The third-order valence-corrected chi connectivity index (χ3v) is 4.86. The van der Waals surface area contributed by atoms with Crippen molar-refractivity contribution in [3.05, 3.63) is 44.8 Å². The Morgan fingerprint density at radius 3 is 2.89 bits per heavy atom. The average Bonchev–Trinajstić information content (AvgIpc) is 3.04. The van der Waals surface area contributed by atoms with Crippen LogP contribution in [0.5, 0.6) is 0 Å². The number of hydrogen-bond acceptors (Lipinski definition) is 7. The zero-order valence-electron chi connectivity index (χ0n) is 15.8. The van der Waals surface area contributed by atoms with E-state index in [1.807, 2.05) is 0 Å². The Kier molecular flexibility index (Phi) is 6.79. The van der Waals surface area contributed by atoms with Crippen molar-refractivity contribution in [2.24, 2.45) is 0 Å². The summed E-state index contributed by atoms with van der Waals surface area (Å²) < 4.78 is 12.2.